The van der Waals surface area contributed by atoms with Gasteiger partial charge in [0.15, 0.2) is 5.96 Å². The zero-order valence-electron chi connectivity index (χ0n) is 9.90. The fourth-order valence-corrected chi connectivity index (χ4v) is 0.604. The Kier molecular flexibility index (Phi) is 85.8. The minimum Gasteiger partial charge on any atom is -0.379 e. The lowest BCUT2D eigenvalue weighted by atomic mass is 10.7. The SMILES string of the molecule is CCOCCOCCN=C(N)N.Cl.Cl.Cl.Cl.Cl.Cl. The van der Waals surface area contributed by atoms with Crippen LogP contribution in [0, 0.1) is 0 Å². The molecule has 0 heterocycles. The van der Waals surface area contributed by atoms with Crippen LogP contribution in [0.1, 0.15) is 6.92 Å². The van der Waals surface area contributed by atoms with Crippen molar-refractivity contribution >= 4 is 80.4 Å². The van der Waals surface area contributed by atoms with E-state index >= 15 is 0 Å². The van der Waals surface area contributed by atoms with Gasteiger partial charge in [-0.2, -0.15) is 0 Å². The summed E-state index contributed by atoms with van der Waals surface area (Å²) in [6, 6.07) is 0. The second-order valence-corrected chi connectivity index (χ2v) is 2.12. The molecule has 0 aliphatic heterocycles. The lowest BCUT2D eigenvalue weighted by molar-refractivity contribution is 0.0562. The molecule has 0 spiro atoms. The first kappa shape index (κ1) is 42.8. The molecule has 0 atom stereocenters. The normalized spacial score (nSPS) is 6.50. The third kappa shape index (κ3) is 43.6. The van der Waals surface area contributed by atoms with Gasteiger partial charge in [0, 0.05) is 6.61 Å². The van der Waals surface area contributed by atoms with Crippen LogP contribution in [0.3, 0.4) is 0 Å². The molecule has 11 heteroatoms. The van der Waals surface area contributed by atoms with E-state index in [1.165, 1.54) is 0 Å². The third-order valence-electron chi connectivity index (χ3n) is 1.11. The van der Waals surface area contributed by atoms with Crippen LogP contribution < -0.4 is 11.5 Å². The van der Waals surface area contributed by atoms with Crippen LogP contribution in [0.4, 0.5) is 0 Å². The molecule has 0 unspecified atom stereocenters. The molecule has 4 N–H and O–H groups in total. The highest BCUT2D eigenvalue weighted by Crippen LogP contribution is 1.78. The average Bonchev–Trinajstić information content (AvgIpc) is 2.02. The molecule has 0 aromatic carbocycles. The second kappa shape index (κ2) is 36.1. The zero-order valence-corrected chi connectivity index (χ0v) is 14.8. The van der Waals surface area contributed by atoms with Gasteiger partial charge in [0.05, 0.1) is 26.4 Å². The number of halogens is 6. The van der Waals surface area contributed by atoms with Crippen molar-refractivity contribution in [2.75, 3.05) is 33.0 Å². The molecule has 120 valence electrons. The summed E-state index contributed by atoms with van der Waals surface area (Å²) in [7, 11) is 0. The van der Waals surface area contributed by atoms with Gasteiger partial charge in [-0.3, -0.25) is 4.99 Å². The Balaban J connectivity index is -0.0000000403. The van der Waals surface area contributed by atoms with Gasteiger partial charge >= 0.3 is 0 Å². The van der Waals surface area contributed by atoms with E-state index in [1.807, 2.05) is 6.92 Å². The van der Waals surface area contributed by atoms with Crippen molar-refractivity contribution in [2.24, 2.45) is 16.5 Å². The van der Waals surface area contributed by atoms with E-state index in [2.05, 4.69) is 4.99 Å². The number of rotatable bonds is 7. The first-order chi connectivity index (χ1) is 5.77. The highest BCUT2D eigenvalue weighted by molar-refractivity contribution is 5.86. The topological polar surface area (TPSA) is 82.9 Å². The van der Waals surface area contributed by atoms with E-state index in [1.54, 1.807) is 0 Å². The molecule has 5 nitrogen and oxygen atoms in total. The van der Waals surface area contributed by atoms with Gasteiger partial charge in [-0.05, 0) is 6.92 Å². The Morgan fingerprint density at radius 2 is 1.28 bits per heavy atom. The van der Waals surface area contributed by atoms with Crippen LogP contribution in [0.5, 0.6) is 0 Å². The molecule has 0 aliphatic rings. The Hall–Kier alpha value is 0.930. The van der Waals surface area contributed by atoms with Crippen molar-refractivity contribution in [1.29, 1.82) is 0 Å². The van der Waals surface area contributed by atoms with E-state index in [9.17, 15) is 0 Å². The third-order valence-corrected chi connectivity index (χ3v) is 1.11. The van der Waals surface area contributed by atoms with Crippen molar-refractivity contribution in [3.8, 4) is 0 Å². The van der Waals surface area contributed by atoms with Crippen molar-refractivity contribution < 1.29 is 9.47 Å². The molecule has 18 heavy (non-hydrogen) atoms. The number of nitrogens with zero attached hydrogens (tertiary/aromatic N) is 1. The fraction of sp³-hybridized carbons (Fsp3) is 0.857. The summed E-state index contributed by atoms with van der Waals surface area (Å²) >= 11 is 0. The van der Waals surface area contributed by atoms with E-state index in [0.717, 1.165) is 6.61 Å². The standard InChI is InChI=1S/C7H17N3O2.6ClH/c1-2-11-5-6-12-4-3-10-7(8)9;;;;;;/h2-6H2,1H3,(H4,8,9,10);6*1H. The summed E-state index contributed by atoms with van der Waals surface area (Å²) in [5, 5.41) is 0. The maximum absolute atomic E-state index is 5.14. The van der Waals surface area contributed by atoms with Gasteiger partial charge in [0.2, 0.25) is 0 Å². The molecule has 0 rings (SSSR count). The summed E-state index contributed by atoms with van der Waals surface area (Å²) in [5.41, 5.74) is 10.2. The van der Waals surface area contributed by atoms with E-state index in [0.29, 0.717) is 26.4 Å². The molecule has 0 aliphatic carbocycles. The molecule has 0 aromatic heterocycles. The summed E-state index contributed by atoms with van der Waals surface area (Å²) < 4.78 is 10.2. The van der Waals surface area contributed by atoms with E-state index in [4.69, 9.17) is 20.9 Å². The smallest absolute Gasteiger partial charge is 0.185 e. The van der Waals surface area contributed by atoms with Gasteiger partial charge in [0.1, 0.15) is 0 Å². The van der Waals surface area contributed by atoms with E-state index in [-0.39, 0.29) is 80.4 Å². The highest BCUT2D eigenvalue weighted by atomic mass is 35.5. The minimum absolute atomic E-state index is 0. The Bertz CT molecular complexity index is 140. The minimum atomic E-state index is 0. The van der Waals surface area contributed by atoms with Gasteiger partial charge in [-0.1, -0.05) is 0 Å². The number of guanidine groups is 1. The van der Waals surface area contributed by atoms with Crippen molar-refractivity contribution in [3.05, 3.63) is 0 Å². The quantitative estimate of drug-likeness (QED) is 0.392. The van der Waals surface area contributed by atoms with Gasteiger partial charge in [0.25, 0.3) is 0 Å². The number of ether oxygens (including phenoxy) is 2. The first-order valence-corrected chi connectivity index (χ1v) is 3.98. The molecule has 0 radical (unpaired) electrons. The lowest BCUT2D eigenvalue weighted by Gasteiger charge is -2.01. The van der Waals surface area contributed by atoms with Gasteiger partial charge < -0.3 is 20.9 Å². The van der Waals surface area contributed by atoms with Crippen molar-refractivity contribution in [1.82, 2.24) is 0 Å². The predicted molar refractivity (Wildman–Crippen MR) is 91.5 cm³/mol. The molecule has 0 saturated heterocycles. The molecular weight excluding hydrogens is 371 g/mol. The maximum atomic E-state index is 5.14. The average molecular weight is 394 g/mol. The number of nitrogens with two attached hydrogens (primary N) is 2. The number of hydrogen-bond acceptors (Lipinski definition) is 3. The largest absolute Gasteiger partial charge is 0.379 e. The predicted octanol–water partition coefficient (Wildman–Crippen LogP) is 1.84. The highest BCUT2D eigenvalue weighted by Gasteiger charge is 1.87. The number of hydrogen-bond donors (Lipinski definition) is 2. The molecule has 0 amide bonds. The van der Waals surface area contributed by atoms with Crippen LogP contribution in [0.15, 0.2) is 4.99 Å². The van der Waals surface area contributed by atoms with Crippen LogP contribution in [0.25, 0.3) is 0 Å². The van der Waals surface area contributed by atoms with Crippen LogP contribution >= 0.6 is 74.4 Å². The Morgan fingerprint density at radius 3 is 1.67 bits per heavy atom. The fourth-order valence-electron chi connectivity index (χ4n) is 0.604. The summed E-state index contributed by atoms with van der Waals surface area (Å²) in [6.45, 7) is 4.92. The summed E-state index contributed by atoms with van der Waals surface area (Å²) in [5.74, 6) is 0.100. The Morgan fingerprint density at radius 1 is 0.833 bits per heavy atom. The first-order valence-electron chi connectivity index (χ1n) is 3.98. The van der Waals surface area contributed by atoms with Crippen LogP contribution in [-0.2, 0) is 9.47 Å². The van der Waals surface area contributed by atoms with Crippen molar-refractivity contribution in [3.63, 3.8) is 0 Å². The Labute approximate surface area is 146 Å². The van der Waals surface area contributed by atoms with Gasteiger partial charge in [-0.25, -0.2) is 0 Å². The number of aliphatic imine (C=N–C) groups is 1. The molecule has 0 fully saturated rings. The monoisotopic (exact) mass is 391 g/mol. The molecule has 0 aromatic rings. The van der Waals surface area contributed by atoms with Gasteiger partial charge in [-0.15, -0.1) is 74.4 Å². The second-order valence-electron chi connectivity index (χ2n) is 2.12. The van der Waals surface area contributed by atoms with E-state index < -0.39 is 0 Å². The maximum Gasteiger partial charge on any atom is 0.185 e. The summed E-state index contributed by atoms with van der Waals surface area (Å²) in [6.07, 6.45) is 0. The van der Waals surface area contributed by atoms with Crippen molar-refractivity contribution in [2.45, 2.75) is 6.92 Å². The lowest BCUT2D eigenvalue weighted by Crippen LogP contribution is -2.23. The molecule has 0 saturated carbocycles. The molecular formula is C7H23Cl6N3O2. The molecule has 0 bridgehead atoms. The van der Waals surface area contributed by atoms with Crippen LogP contribution in [-0.4, -0.2) is 38.9 Å². The summed E-state index contributed by atoms with van der Waals surface area (Å²) in [4.78, 5) is 3.75. The van der Waals surface area contributed by atoms with Crippen LogP contribution in [0.2, 0.25) is 0 Å². The zero-order chi connectivity index (χ0) is 9.23.